The third kappa shape index (κ3) is 4.94. The summed E-state index contributed by atoms with van der Waals surface area (Å²) in [6.45, 7) is 8.52. The summed E-state index contributed by atoms with van der Waals surface area (Å²) >= 11 is 0. The maximum Gasteiger partial charge on any atom is 0.244 e. The van der Waals surface area contributed by atoms with E-state index < -0.39 is 6.04 Å². The number of anilines is 2. The summed E-state index contributed by atoms with van der Waals surface area (Å²) in [5.41, 5.74) is 3.88. The van der Waals surface area contributed by atoms with Gasteiger partial charge in [0.2, 0.25) is 11.8 Å². The Morgan fingerprint density at radius 2 is 1.65 bits per heavy atom. The van der Waals surface area contributed by atoms with Gasteiger partial charge in [-0.2, -0.15) is 0 Å². The van der Waals surface area contributed by atoms with Crippen LogP contribution in [-0.4, -0.2) is 42.9 Å². The fraction of sp³-hybridized carbons (Fsp3) is 0.308. The molecule has 0 unspecified atom stereocenters. The minimum absolute atomic E-state index is 0.0270. The van der Waals surface area contributed by atoms with Crippen LogP contribution in [0.4, 0.5) is 11.4 Å². The molecular weight excluding hydrogens is 386 g/mol. The molecule has 31 heavy (non-hydrogen) atoms. The number of carbonyl (C=O) groups is 2. The van der Waals surface area contributed by atoms with E-state index in [1.165, 1.54) is 0 Å². The highest BCUT2D eigenvalue weighted by molar-refractivity contribution is 6.05. The van der Waals surface area contributed by atoms with E-state index in [2.05, 4.69) is 5.32 Å². The zero-order valence-electron chi connectivity index (χ0n) is 19.0. The standard InChI is InChI=1S/C26H31N3O2/c1-6-29(24-16-10-13-21-12-7-8-14-22(21)24)26(31)20(4)28(5)17-25(30)27-23-15-9-11-18(2)19(23)3/h7-16,20H,6,17H2,1-5H3,(H,27,30)/t20-/m0/s1. The highest BCUT2D eigenvalue weighted by atomic mass is 16.2. The Hall–Kier alpha value is -3.18. The van der Waals surface area contributed by atoms with Crippen LogP contribution in [0.25, 0.3) is 10.8 Å². The number of nitrogens with zero attached hydrogens (tertiary/aromatic N) is 2. The lowest BCUT2D eigenvalue weighted by molar-refractivity contribution is -0.124. The van der Waals surface area contributed by atoms with Crippen LogP contribution in [0.5, 0.6) is 0 Å². The van der Waals surface area contributed by atoms with Gasteiger partial charge in [0, 0.05) is 17.6 Å². The second-order valence-electron chi connectivity index (χ2n) is 7.97. The molecule has 5 nitrogen and oxygen atoms in total. The number of hydrogen-bond donors (Lipinski definition) is 1. The summed E-state index contributed by atoms with van der Waals surface area (Å²) in [7, 11) is 1.81. The number of aryl methyl sites for hydroxylation is 1. The van der Waals surface area contributed by atoms with E-state index in [1.807, 2.05) is 95.4 Å². The molecule has 3 rings (SSSR count). The highest BCUT2D eigenvalue weighted by Crippen LogP contribution is 2.27. The summed E-state index contributed by atoms with van der Waals surface area (Å²) in [6, 6.07) is 19.5. The van der Waals surface area contributed by atoms with E-state index in [-0.39, 0.29) is 18.4 Å². The van der Waals surface area contributed by atoms with Gasteiger partial charge in [-0.3, -0.25) is 14.5 Å². The normalized spacial score (nSPS) is 12.1. The van der Waals surface area contributed by atoms with Crippen molar-refractivity contribution >= 4 is 34.0 Å². The van der Waals surface area contributed by atoms with Gasteiger partial charge in [0.15, 0.2) is 0 Å². The summed E-state index contributed by atoms with van der Waals surface area (Å²) in [6.07, 6.45) is 0. The number of fused-ring (bicyclic) bond motifs is 1. The molecule has 0 aliphatic carbocycles. The first-order valence-corrected chi connectivity index (χ1v) is 10.7. The minimum Gasteiger partial charge on any atom is -0.325 e. The second kappa shape index (κ2) is 9.75. The Bertz CT molecular complexity index is 1090. The van der Waals surface area contributed by atoms with Crippen molar-refractivity contribution in [2.75, 3.05) is 30.4 Å². The van der Waals surface area contributed by atoms with E-state index in [1.54, 1.807) is 9.80 Å². The van der Waals surface area contributed by atoms with Crippen molar-refractivity contribution in [1.29, 1.82) is 0 Å². The predicted octanol–water partition coefficient (Wildman–Crippen LogP) is 4.77. The molecule has 2 amide bonds. The molecule has 0 fully saturated rings. The zero-order valence-corrected chi connectivity index (χ0v) is 19.0. The Balaban J connectivity index is 1.73. The molecule has 1 atom stereocenters. The van der Waals surface area contributed by atoms with Gasteiger partial charge in [-0.1, -0.05) is 48.5 Å². The van der Waals surface area contributed by atoms with Crippen LogP contribution in [0.3, 0.4) is 0 Å². The largest absolute Gasteiger partial charge is 0.325 e. The number of benzene rings is 3. The fourth-order valence-electron chi connectivity index (χ4n) is 3.74. The van der Waals surface area contributed by atoms with Crippen LogP contribution in [0.1, 0.15) is 25.0 Å². The lowest BCUT2D eigenvalue weighted by Crippen LogP contribution is -2.48. The van der Waals surface area contributed by atoms with Gasteiger partial charge in [0.1, 0.15) is 0 Å². The van der Waals surface area contributed by atoms with Gasteiger partial charge >= 0.3 is 0 Å². The average molecular weight is 418 g/mol. The summed E-state index contributed by atoms with van der Waals surface area (Å²) in [5, 5.41) is 5.11. The molecule has 0 aromatic heterocycles. The molecule has 0 heterocycles. The number of nitrogens with one attached hydrogen (secondary N) is 1. The van der Waals surface area contributed by atoms with Crippen LogP contribution in [0.15, 0.2) is 60.7 Å². The smallest absolute Gasteiger partial charge is 0.244 e. The quantitative estimate of drug-likeness (QED) is 0.603. The first-order chi connectivity index (χ1) is 14.8. The van der Waals surface area contributed by atoms with Crippen LogP contribution < -0.4 is 10.2 Å². The van der Waals surface area contributed by atoms with Gasteiger partial charge in [-0.05, 0) is 63.4 Å². The number of carbonyl (C=O) groups excluding carboxylic acids is 2. The van der Waals surface area contributed by atoms with Crippen LogP contribution >= 0.6 is 0 Å². The van der Waals surface area contributed by atoms with Gasteiger partial charge in [0.05, 0.1) is 18.3 Å². The Morgan fingerprint density at radius 1 is 0.968 bits per heavy atom. The molecule has 3 aromatic carbocycles. The number of hydrogen-bond acceptors (Lipinski definition) is 3. The lowest BCUT2D eigenvalue weighted by atomic mass is 10.1. The summed E-state index contributed by atoms with van der Waals surface area (Å²) < 4.78 is 0. The van der Waals surface area contributed by atoms with E-state index in [4.69, 9.17) is 0 Å². The molecule has 0 radical (unpaired) electrons. The molecule has 0 saturated carbocycles. The molecule has 3 aromatic rings. The van der Waals surface area contributed by atoms with Crippen molar-refractivity contribution in [3.63, 3.8) is 0 Å². The molecule has 0 saturated heterocycles. The third-order valence-corrected chi connectivity index (χ3v) is 5.93. The molecule has 5 heteroatoms. The number of amides is 2. The van der Waals surface area contributed by atoms with Crippen LogP contribution in [0.2, 0.25) is 0 Å². The average Bonchev–Trinajstić information content (AvgIpc) is 2.77. The minimum atomic E-state index is -0.441. The van der Waals surface area contributed by atoms with E-state index >= 15 is 0 Å². The summed E-state index contributed by atoms with van der Waals surface area (Å²) in [4.78, 5) is 29.6. The Labute approximate surface area is 184 Å². The van der Waals surface area contributed by atoms with E-state index in [0.717, 1.165) is 33.3 Å². The highest BCUT2D eigenvalue weighted by Gasteiger charge is 2.26. The SMILES string of the molecule is CCN(C(=O)[C@H](C)N(C)CC(=O)Nc1cccc(C)c1C)c1cccc2ccccc12. The lowest BCUT2D eigenvalue weighted by Gasteiger charge is -2.30. The van der Waals surface area contributed by atoms with E-state index in [0.29, 0.717) is 6.54 Å². The maximum absolute atomic E-state index is 13.4. The molecule has 0 spiro atoms. The van der Waals surface area contributed by atoms with E-state index in [9.17, 15) is 9.59 Å². The molecule has 0 aliphatic heterocycles. The number of rotatable bonds is 7. The monoisotopic (exact) mass is 417 g/mol. The topological polar surface area (TPSA) is 52.7 Å². The van der Waals surface area contributed by atoms with Crippen molar-refractivity contribution < 1.29 is 9.59 Å². The maximum atomic E-state index is 13.4. The summed E-state index contributed by atoms with van der Waals surface area (Å²) in [5.74, 6) is -0.162. The van der Waals surface area contributed by atoms with Crippen molar-refractivity contribution in [2.45, 2.75) is 33.7 Å². The third-order valence-electron chi connectivity index (χ3n) is 5.93. The Kier molecular flexibility index (Phi) is 7.08. The Morgan fingerprint density at radius 3 is 2.39 bits per heavy atom. The second-order valence-corrected chi connectivity index (χ2v) is 7.97. The fourth-order valence-corrected chi connectivity index (χ4v) is 3.74. The molecule has 0 aliphatic rings. The van der Waals surface area contributed by atoms with Crippen LogP contribution in [-0.2, 0) is 9.59 Å². The van der Waals surface area contributed by atoms with Gasteiger partial charge in [-0.25, -0.2) is 0 Å². The first-order valence-electron chi connectivity index (χ1n) is 10.7. The molecule has 0 bridgehead atoms. The molecule has 162 valence electrons. The van der Waals surface area contributed by atoms with Crippen molar-refractivity contribution in [1.82, 2.24) is 4.90 Å². The first kappa shape index (κ1) is 22.5. The molecular formula is C26H31N3O2. The predicted molar refractivity (Wildman–Crippen MR) is 129 cm³/mol. The van der Waals surface area contributed by atoms with Gasteiger partial charge in [-0.15, -0.1) is 0 Å². The van der Waals surface area contributed by atoms with Crippen molar-refractivity contribution in [3.05, 3.63) is 71.8 Å². The van der Waals surface area contributed by atoms with Gasteiger partial charge < -0.3 is 10.2 Å². The zero-order chi connectivity index (χ0) is 22.5. The van der Waals surface area contributed by atoms with Gasteiger partial charge in [0.25, 0.3) is 0 Å². The van der Waals surface area contributed by atoms with Crippen LogP contribution in [0, 0.1) is 13.8 Å². The number of likely N-dealkylation sites (N-methyl/N-ethyl adjacent to an activating group) is 2. The van der Waals surface area contributed by atoms with Crippen molar-refractivity contribution in [3.8, 4) is 0 Å². The molecule has 1 N–H and O–H groups in total. The van der Waals surface area contributed by atoms with Crippen molar-refractivity contribution in [2.24, 2.45) is 0 Å².